The zero-order valence-corrected chi connectivity index (χ0v) is 36.9. The van der Waals surface area contributed by atoms with Gasteiger partial charge in [-0.2, -0.15) is 0 Å². The van der Waals surface area contributed by atoms with E-state index in [2.05, 4.69) is 231 Å². The summed E-state index contributed by atoms with van der Waals surface area (Å²) in [5.74, 6) is 0.734. The van der Waals surface area contributed by atoms with Crippen molar-refractivity contribution in [2.45, 2.75) is 11.8 Å². The lowest BCUT2D eigenvalue weighted by atomic mass is 9.69. The first-order valence-corrected chi connectivity index (χ1v) is 23.6. The Hall–Kier alpha value is -8.72. The number of hydrogen-bond donors (Lipinski definition) is 0. The van der Waals surface area contributed by atoms with Crippen molar-refractivity contribution in [3.63, 3.8) is 0 Å². The molecule has 2 aliphatic rings. The minimum Gasteiger partial charge on any atom is -0.452 e. The molecule has 316 valence electrons. The molecule has 2 aromatic heterocycles. The first kappa shape index (κ1) is 37.5. The van der Waals surface area contributed by atoms with Crippen LogP contribution in [0.5, 0.6) is 0 Å². The van der Waals surface area contributed by atoms with Gasteiger partial charge in [-0.05, 0) is 160 Å². The minimum absolute atomic E-state index is 0.356. The van der Waals surface area contributed by atoms with E-state index in [0.29, 0.717) is 11.8 Å². The highest BCUT2D eigenvalue weighted by molar-refractivity contribution is 6.26. The van der Waals surface area contributed by atoms with E-state index in [1.807, 2.05) is 0 Å². The standard InChI is InChI=1S/C66H40O2/c1-3-19-51-47(15-1)49-17-5-7-21-53(49)59-35-43(23-27-55(51)59)39-11-9-13-41(33-39)45-25-31-63-61(37-45)57-29-30-58-62-38-46(26-32-64(62)68-66(58)65(57)67-63)42-14-10-12-40(34-42)44-24-28-56-52-20-4-2-16-48(52)50-18-6-8-22-54(50)60(56)36-44/h1-38,47,51H. The third kappa shape index (κ3) is 5.58. The molecule has 0 N–H and O–H groups in total. The Kier molecular flexibility index (Phi) is 7.93. The molecule has 2 unspecified atom stereocenters. The Bertz CT molecular complexity index is 4310. The summed E-state index contributed by atoms with van der Waals surface area (Å²) in [6, 6.07) is 75.8. The van der Waals surface area contributed by atoms with Gasteiger partial charge in [0.15, 0.2) is 11.2 Å². The highest BCUT2D eigenvalue weighted by Crippen LogP contribution is 2.50. The molecular formula is C66H40O2. The molecule has 0 spiro atoms. The summed E-state index contributed by atoms with van der Waals surface area (Å²) in [5.41, 5.74) is 18.1. The normalized spacial score (nSPS) is 15.2. The lowest BCUT2D eigenvalue weighted by Gasteiger charge is -2.34. The van der Waals surface area contributed by atoms with Crippen molar-refractivity contribution in [3.8, 4) is 55.6 Å². The molecule has 0 radical (unpaired) electrons. The van der Waals surface area contributed by atoms with Crippen molar-refractivity contribution in [2.75, 3.05) is 0 Å². The van der Waals surface area contributed by atoms with Crippen LogP contribution >= 0.6 is 0 Å². The molecule has 2 heterocycles. The predicted octanol–water partition coefficient (Wildman–Crippen LogP) is 18.6. The fraction of sp³-hybridized carbons (Fsp3) is 0.0303. The van der Waals surface area contributed by atoms with Gasteiger partial charge in [0, 0.05) is 33.4 Å². The van der Waals surface area contributed by atoms with Gasteiger partial charge < -0.3 is 8.83 Å². The topological polar surface area (TPSA) is 26.3 Å². The minimum atomic E-state index is 0.356. The molecule has 68 heavy (non-hydrogen) atoms. The van der Waals surface area contributed by atoms with E-state index in [4.69, 9.17) is 8.83 Å². The van der Waals surface area contributed by atoms with E-state index in [9.17, 15) is 0 Å². The highest BCUT2D eigenvalue weighted by atomic mass is 16.4. The van der Waals surface area contributed by atoms with Crippen molar-refractivity contribution >= 4 is 76.2 Å². The fourth-order valence-corrected chi connectivity index (χ4v) is 11.8. The van der Waals surface area contributed by atoms with Crippen LogP contribution in [0, 0.1) is 0 Å². The van der Waals surface area contributed by atoms with Crippen LogP contribution in [0.1, 0.15) is 23.0 Å². The molecule has 2 nitrogen and oxygen atoms in total. The van der Waals surface area contributed by atoms with E-state index in [1.54, 1.807) is 0 Å². The smallest absolute Gasteiger partial charge is 0.178 e. The van der Waals surface area contributed by atoms with Crippen LogP contribution in [0.3, 0.4) is 0 Å². The van der Waals surface area contributed by atoms with Crippen molar-refractivity contribution in [1.29, 1.82) is 0 Å². The summed E-state index contributed by atoms with van der Waals surface area (Å²) in [7, 11) is 0. The Labute approximate surface area is 392 Å². The maximum absolute atomic E-state index is 6.66. The number of furan rings is 2. The maximum Gasteiger partial charge on any atom is 0.178 e. The largest absolute Gasteiger partial charge is 0.452 e. The molecule has 2 aliphatic carbocycles. The molecule has 13 aromatic rings. The monoisotopic (exact) mass is 864 g/mol. The molecule has 0 saturated heterocycles. The van der Waals surface area contributed by atoms with Gasteiger partial charge in [-0.15, -0.1) is 0 Å². The molecule has 0 bridgehead atoms. The van der Waals surface area contributed by atoms with Crippen LogP contribution in [-0.4, -0.2) is 0 Å². The van der Waals surface area contributed by atoms with E-state index >= 15 is 0 Å². The summed E-state index contributed by atoms with van der Waals surface area (Å²) in [4.78, 5) is 0. The molecule has 15 rings (SSSR count). The van der Waals surface area contributed by atoms with Crippen LogP contribution in [0.25, 0.3) is 132 Å². The van der Waals surface area contributed by atoms with Gasteiger partial charge in [-0.25, -0.2) is 0 Å². The molecule has 0 amide bonds. The van der Waals surface area contributed by atoms with Crippen molar-refractivity contribution in [1.82, 2.24) is 0 Å². The Morgan fingerprint density at radius 3 is 1.21 bits per heavy atom. The SMILES string of the molecule is C1=CC2c3ccccc3-c3cc(-c4cccc(-c5ccc6oc7c(ccc8c9cc(-c%10cccc(-c%11ccc%12c%13ccccc%13c%13ccccc%13c%12c%11)c%10)ccc9oc87)c6c5)c4)ccc3C2C=C1. The average molecular weight is 865 g/mol. The number of benzene rings is 11. The predicted molar refractivity (Wildman–Crippen MR) is 284 cm³/mol. The fourth-order valence-electron chi connectivity index (χ4n) is 11.8. The number of rotatable bonds is 4. The van der Waals surface area contributed by atoms with E-state index in [-0.39, 0.29) is 0 Å². The second-order valence-electron chi connectivity index (χ2n) is 18.7. The van der Waals surface area contributed by atoms with Gasteiger partial charge in [-0.3, -0.25) is 0 Å². The maximum atomic E-state index is 6.66. The van der Waals surface area contributed by atoms with Crippen LogP contribution in [0.2, 0.25) is 0 Å². The third-order valence-electron chi connectivity index (χ3n) is 15.0. The summed E-state index contributed by atoms with van der Waals surface area (Å²) in [5, 5.41) is 11.9. The lowest BCUT2D eigenvalue weighted by Crippen LogP contribution is -2.16. The number of hydrogen-bond acceptors (Lipinski definition) is 2. The van der Waals surface area contributed by atoms with Gasteiger partial charge in [0.25, 0.3) is 0 Å². The molecule has 0 aliphatic heterocycles. The molecule has 0 fully saturated rings. The van der Waals surface area contributed by atoms with Gasteiger partial charge in [0.2, 0.25) is 0 Å². The molecule has 11 aromatic carbocycles. The number of allylic oxidation sites excluding steroid dienone is 4. The molecule has 0 saturated carbocycles. The van der Waals surface area contributed by atoms with Crippen molar-refractivity contribution in [2.24, 2.45) is 0 Å². The highest BCUT2D eigenvalue weighted by Gasteiger charge is 2.31. The average Bonchev–Trinajstić information content (AvgIpc) is 3.99. The van der Waals surface area contributed by atoms with Crippen LogP contribution < -0.4 is 0 Å². The van der Waals surface area contributed by atoms with Gasteiger partial charge in [-0.1, -0.05) is 170 Å². The van der Waals surface area contributed by atoms with E-state index in [0.717, 1.165) is 60.6 Å². The summed E-state index contributed by atoms with van der Waals surface area (Å²) in [6.07, 6.45) is 9.10. The third-order valence-corrected chi connectivity index (χ3v) is 15.0. The van der Waals surface area contributed by atoms with E-state index < -0.39 is 0 Å². The Morgan fingerprint density at radius 2 is 0.647 bits per heavy atom. The zero-order chi connectivity index (χ0) is 44.5. The van der Waals surface area contributed by atoms with Crippen molar-refractivity contribution in [3.05, 3.63) is 242 Å². The first-order valence-electron chi connectivity index (χ1n) is 23.6. The van der Waals surface area contributed by atoms with Gasteiger partial charge in [0.05, 0.1) is 0 Å². The Morgan fingerprint density at radius 1 is 0.250 bits per heavy atom. The van der Waals surface area contributed by atoms with Crippen LogP contribution in [0.15, 0.2) is 239 Å². The lowest BCUT2D eigenvalue weighted by molar-refractivity contribution is 0.633. The van der Waals surface area contributed by atoms with Gasteiger partial charge in [0.1, 0.15) is 11.2 Å². The zero-order valence-electron chi connectivity index (χ0n) is 36.9. The number of fused-ring (bicyclic) bond motifs is 19. The molecule has 2 heteroatoms. The quantitative estimate of drug-likeness (QED) is 0.165. The molecular weight excluding hydrogens is 825 g/mol. The van der Waals surface area contributed by atoms with E-state index in [1.165, 1.54) is 82.4 Å². The van der Waals surface area contributed by atoms with Crippen LogP contribution in [0.4, 0.5) is 0 Å². The summed E-state index contributed by atoms with van der Waals surface area (Å²) < 4.78 is 13.3. The summed E-state index contributed by atoms with van der Waals surface area (Å²) in [6.45, 7) is 0. The Balaban J connectivity index is 0.773. The summed E-state index contributed by atoms with van der Waals surface area (Å²) >= 11 is 0. The van der Waals surface area contributed by atoms with Crippen molar-refractivity contribution < 1.29 is 8.83 Å². The van der Waals surface area contributed by atoms with Crippen LogP contribution in [-0.2, 0) is 0 Å². The van der Waals surface area contributed by atoms with Gasteiger partial charge >= 0.3 is 0 Å². The second kappa shape index (κ2) is 14.4. The molecule has 2 atom stereocenters. The second-order valence-corrected chi connectivity index (χ2v) is 18.7. The first-order chi connectivity index (χ1) is 33.7.